The normalized spacial score (nSPS) is 11.1. The number of hydrogen-bond donors (Lipinski definition) is 1. The van der Waals surface area contributed by atoms with Crippen LogP contribution in [0.5, 0.6) is 5.75 Å². The van der Waals surface area contributed by atoms with Gasteiger partial charge in [0.05, 0.1) is 10.4 Å². The first-order valence-electron chi connectivity index (χ1n) is 6.82. The number of benzene rings is 2. The van der Waals surface area contributed by atoms with E-state index in [-0.39, 0.29) is 0 Å². The summed E-state index contributed by atoms with van der Waals surface area (Å²) in [4.78, 5) is 13.1. The molecule has 110 valence electrons. The van der Waals surface area contributed by atoms with E-state index in [1.807, 2.05) is 48.5 Å². The third kappa shape index (κ3) is 2.98. The molecule has 3 rings (SSSR count). The van der Waals surface area contributed by atoms with Gasteiger partial charge in [0.2, 0.25) is 6.20 Å². The predicted octanol–water partition coefficient (Wildman–Crippen LogP) is 3.99. The van der Waals surface area contributed by atoms with Crippen molar-refractivity contribution >= 4 is 17.0 Å². The Kier molecular flexibility index (Phi) is 3.87. The highest BCUT2D eigenvalue weighted by Gasteiger charge is 2.07. The molecule has 0 aliphatic rings. The second kappa shape index (κ2) is 6.13. The highest BCUT2D eigenvalue weighted by atomic mass is 16.6. The molecule has 0 saturated carbocycles. The molecule has 0 amide bonds. The summed E-state index contributed by atoms with van der Waals surface area (Å²) in [6.07, 6.45) is 4.22. The Morgan fingerprint density at radius 1 is 1.14 bits per heavy atom. The van der Waals surface area contributed by atoms with Gasteiger partial charge in [-0.3, -0.25) is 10.1 Å². The minimum atomic E-state index is -0.474. The number of nitrogens with one attached hydrogen (secondary N) is 1. The van der Waals surface area contributed by atoms with Gasteiger partial charge in [-0.2, -0.15) is 0 Å². The topological polar surface area (TPSA) is 68.2 Å². The number of nitrogens with zero attached hydrogens (tertiary/aromatic N) is 1. The maximum absolute atomic E-state index is 10.5. The molecule has 0 bridgehead atoms. The van der Waals surface area contributed by atoms with Gasteiger partial charge in [0.1, 0.15) is 12.4 Å². The predicted molar refractivity (Wildman–Crippen MR) is 85.1 cm³/mol. The minimum absolute atomic E-state index is 0.471. The van der Waals surface area contributed by atoms with Crippen molar-refractivity contribution in [2.75, 3.05) is 0 Å². The number of ether oxygens (including phenoxy) is 1. The largest absolute Gasteiger partial charge is 0.487 e. The van der Waals surface area contributed by atoms with Gasteiger partial charge in [0.15, 0.2) is 0 Å². The molecule has 22 heavy (non-hydrogen) atoms. The summed E-state index contributed by atoms with van der Waals surface area (Å²) in [5.74, 6) is 0.724. The van der Waals surface area contributed by atoms with Crippen LogP contribution < -0.4 is 4.74 Å². The highest BCUT2D eigenvalue weighted by molar-refractivity contribution is 5.92. The molecule has 0 aliphatic carbocycles. The van der Waals surface area contributed by atoms with Gasteiger partial charge in [0.25, 0.3) is 0 Å². The first-order valence-corrected chi connectivity index (χ1v) is 6.82. The van der Waals surface area contributed by atoms with Gasteiger partial charge < -0.3 is 9.72 Å². The Hall–Kier alpha value is -3.08. The van der Waals surface area contributed by atoms with Crippen molar-refractivity contribution in [2.45, 2.75) is 6.61 Å². The maximum Gasteiger partial charge on any atom is 0.235 e. The lowest BCUT2D eigenvalue weighted by molar-refractivity contribution is -0.400. The molecule has 0 spiro atoms. The third-order valence-corrected chi connectivity index (χ3v) is 3.33. The van der Waals surface area contributed by atoms with Crippen LogP contribution in [0.25, 0.3) is 17.0 Å². The summed E-state index contributed by atoms with van der Waals surface area (Å²) in [5.41, 5.74) is 2.70. The number of fused-ring (bicyclic) bond motifs is 1. The van der Waals surface area contributed by atoms with Gasteiger partial charge in [0, 0.05) is 17.7 Å². The van der Waals surface area contributed by atoms with Crippen molar-refractivity contribution in [1.29, 1.82) is 0 Å². The van der Waals surface area contributed by atoms with Crippen molar-refractivity contribution in [3.63, 3.8) is 0 Å². The average molecular weight is 294 g/mol. The molecule has 1 aromatic heterocycles. The monoisotopic (exact) mass is 294 g/mol. The molecule has 0 aliphatic heterocycles. The number of rotatable bonds is 5. The second-order valence-electron chi connectivity index (χ2n) is 4.79. The van der Waals surface area contributed by atoms with E-state index >= 15 is 0 Å². The number of hydrogen-bond acceptors (Lipinski definition) is 3. The molecule has 5 heteroatoms. The average Bonchev–Trinajstić information content (AvgIpc) is 3.02. The van der Waals surface area contributed by atoms with Crippen molar-refractivity contribution in [1.82, 2.24) is 4.98 Å². The Labute approximate surface area is 127 Å². The van der Waals surface area contributed by atoms with Gasteiger partial charge in [-0.15, -0.1) is 0 Å². The zero-order valence-corrected chi connectivity index (χ0v) is 11.7. The molecule has 0 atom stereocenters. The van der Waals surface area contributed by atoms with Crippen LogP contribution >= 0.6 is 0 Å². The molecule has 2 aromatic carbocycles. The van der Waals surface area contributed by atoms with E-state index in [1.54, 1.807) is 6.20 Å². The maximum atomic E-state index is 10.5. The van der Waals surface area contributed by atoms with Crippen molar-refractivity contribution in [2.24, 2.45) is 0 Å². The molecule has 0 unspecified atom stereocenters. The summed E-state index contributed by atoms with van der Waals surface area (Å²) in [7, 11) is 0. The van der Waals surface area contributed by atoms with E-state index in [4.69, 9.17) is 4.74 Å². The van der Waals surface area contributed by atoms with Gasteiger partial charge in [-0.25, -0.2) is 0 Å². The summed E-state index contributed by atoms with van der Waals surface area (Å²) in [6, 6.07) is 15.4. The van der Waals surface area contributed by atoms with E-state index in [0.29, 0.717) is 6.61 Å². The molecular weight excluding hydrogens is 280 g/mol. The Morgan fingerprint density at radius 2 is 1.95 bits per heavy atom. The molecule has 0 fully saturated rings. The van der Waals surface area contributed by atoms with E-state index in [9.17, 15) is 10.1 Å². The van der Waals surface area contributed by atoms with Crippen LogP contribution in [0.15, 0.2) is 60.9 Å². The van der Waals surface area contributed by atoms with Crippen molar-refractivity contribution < 1.29 is 9.66 Å². The number of aromatic amines is 1. The zero-order chi connectivity index (χ0) is 15.4. The van der Waals surface area contributed by atoms with E-state index < -0.39 is 4.92 Å². The van der Waals surface area contributed by atoms with Crippen LogP contribution in [-0.2, 0) is 6.61 Å². The van der Waals surface area contributed by atoms with Crippen LogP contribution in [0.4, 0.5) is 0 Å². The van der Waals surface area contributed by atoms with Crippen LogP contribution in [0.1, 0.15) is 11.1 Å². The third-order valence-electron chi connectivity index (χ3n) is 3.33. The van der Waals surface area contributed by atoms with Crippen LogP contribution in [0.2, 0.25) is 0 Å². The number of H-pyrrole nitrogens is 1. The molecular formula is C17H14N2O3. The Bertz CT molecular complexity index is 822. The van der Waals surface area contributed by atoms with E-state index in [0.717, 1.165) is 34.0 Å². The molecule has 1 heterocycles. The van der Waals surface area contributed by atoms with Gasteiger partial charge in [-0.1, -0.05) is 36.4 Å². The first-order chi connectivity index (χ1) is 10.7. The van der Waals surface area contributed by atoms with Crippen LogP contribution in [0, 0.1) is 10.1 Å². The summed E-state index contributed by atoms with van der Waals surface area (Å²) in [5, 5.41) is 11.4. The summed E-state index contributed by atoms with van der Waals surface area (Å²) < 4.78 is 5.86. The van der Waals surface area contributed by atoms with Gasteiger partial charge >= 0.3 is 0 Å². The summed E-state index contributed by atoms with van der Waals surface area (Å²) >= 11 is 0. The molecule has 5 nitrogen and oxygen atoms in total. The minimum Gasteiger partial charge on any atom is -0.487 e. The SMILES string of the molecule is O=[N+]([O-])C=Cc1ccc(OCc2ccccc2)c2[nH]ccc12. The quantitative estimate of drug-likeness (QED) is 0.571. The fourth-order valence-electron chi connectivity index (χ4n) is 2.29. The molecule has 0 radical (unpaired) electrons. The van der Waals surface area contributed by atoms with Crippen LogP contribution in [0.3, 0.4) is 0 Å². The number of nitro groups is 1. The summed E-state index contributed by atoms with van der Waals surface area (Å²) in [6.45, 7) is 0.471. The van der Waals surface area contributed by atoms with Crippen molar-refractivity contribution in [3.05, 3.63) is 82.2 Å². The van der Waals surface area contributed by atoms with Gasteiger partial charge in [-0.05, 0) is 23.3 Å². The fraction of sp³-hybridized carbons (Fsp3) is 0.0588. The molecule has 1 N–H and O–H groups in total. The molecule has 0 saturated heterocycles. The standard InChI is InChI=1S/C17H14N2O3/c20-19(21)11-9-14-6-7-16(17-15(14)8-10-18-17)22-12-13-4-2-1-3-5-13/h1-11,18H,12H2. The Balaban J connectivity index is 1.87. The number of aromatic nitrogens is 1. The zero-order valence-electron chi connectivity index (χ0n) is 11.7. The fourth-order valence-corrected chi connectivity index (χ4v) is 2.29. The second-order valence-corrected chi connectivity index (χ2v) is 4.79. The Morgan fingerprint density at radius 3 is 2.73 bits per heavy atom. The lowest BCUT2D eigenvalue weighted by atomic mass is 10.1. The van der Waals surface area contributed by atoms with E-state index in [1.165, 1.54) is 6.08 Å². The first kappa shape index (κ1) is 13.9. The van der Waals surface area contributed by atoms with Crippen molar-refractivity contribution in [3.8, 4) is 5.75 Å². The smallest absolute Gasteiger partial charge is 0.235 e. The molecule has 3 aromatic rings. The van der Waals surface area contributed by atoms with Crippen LogP contribution in [-0.4, -0.2) is 9.91 Å². The lowest BCUT2D eigenvalue weighted by Crippen LogP contribution is -1.96. The van der Waals surface area contributed by atoms with E-state index in [2.05, 4.69) is 4.98 Å². The lowest BCUT2D eigenvalue weighted by Gasteiger charge is -2.08. The highest BCUT2D eigenvalue weighted by Crippen LogP contribution is 2.28.